The molecule has 1 saturated heterocycles. The van der Waals surface area contributed by atoms with Crippen molar-refractivity contribution in [3.05, 3.63) is 35.9 Å². The summed E-state index contributed by atoms with van der Waals surface area (Å²) < 4.78 is 0.877. The zero-order valence-electron chi connectivity index (χ0n) is 9.02. The van der Waals surface area contributed by atoms with Gasteiger partial charge in [-0.3, -0.25) is 0 Å². The van der Waals surface area contributed by atoms with Gasteiger partial charge in [0.15, 0.2) is 0 Å². The molecule has 0 unspecified atom stereocenters. The molecule has 0 atom stereocenters. The van der Waals surface area contributed by atoms with Gasteiger partial charge in [0.1, 0.15) is 0 Å². The highest BCUT2D eigenvalue weighted by Gasteiger charge is 2.13. The molecule has 0 aliphatic carbocycles. The van der Waals surface area contributed by atoms with E-state index in [0.717, 1.165) is 4.58 Å². The van der Waals surface area contributed by atoms with Crippen LogP contribution in [-0.2, 0) is 6.42 Å². The van der Waals surface area contributed by atoms with Crippen LogP contribution >= 0.6 is 23.5 Å². The molecular formula is C13H18S2. The minimum atomic E-state index is 0.877. The highest BCUT2D eigenvalue weighted by atomic mass is 32.2. The van der Waals surface area contributed by atoms with Gasteiger partial charge in [-0.25, -0.2) is 0 Å². The second-order valence-corrected chi connectivity index (χ2v) is 6.82. The number of hydrogen-bond donors (Lipinski definition) is 0. The van der Waals surface area contributed by atoms with Gasteiger partial charge in [0.25, 0.3) is 0 Å². The molecule has 0 N–H and O–H groups in total. The smallest absolute Gasteiger partial charge is 0.0502 e. The van der Waals surface area contributed by atoms with Crippen molar-refractivity contribution in [2.75, 3.05) is 11.5 Å². The Morgan fingerprint density at radius 3 is 2.53 bits per heavy atom. The molecule has 0 radical (unpaired) electrons. The molecule has 0 nitrogen and oxygen atoms in total. The summed E-state index contributed by atoms with van der Waals surface area (Å²) in [7, 11) is 0. The first-order valence-electron chi connectivity index (χ1n) is 5.72. The summed E-state index contributed by atoms with van der Waals surface area (Å²) in [6.45, 7) is 0. The number of rotatable bonds is 4. The van der Waals surface area contributed by atoms with Crippen molar-refractivity contribution in [2.24, 2.45) is 0 Å². The summed E-state index contributed by atoms with van der Waals surface area (Å²) in [6, 6.07) is 10.8. The van der Waals surface area contributed by atoms with Crippen LogP contribution in [0.1, 0.15) is 24.8 Å². The molecule has 0 spiro atoms. The zero-order valence-corrected chi connectivity index (χ0v) is 10.7. The largest absolute Gasteiger partial charge is 0.148 e. The first kappa shape index (κ1) is 11.4. The van der Waals surface area contributed by atoms with Crippen LogP contribution < -0.4 is 0 Å². The number of thioether (sulfide) groups is 2. The Bertz CT molecular complexity index is 265. The van der Waals surface area contributed by atoms with Crippen LogP contribution in [0.5, 0.6) is 0 Å². The van der Waals surface area contributed by atoms with Crippen LogP contribution in [0.15, 0.2) is 30.3 Å². The second-order valence-electron chi connectivity index (χ2n) is 3.90. The van der Waals surface area contributed by atoms with E-state index >= 15 is 0 Å². The lowest BCUT2D eigenvalue weighted by atomic mass is 10.1. The fourth-order valence-corrected chi connectivity index (χ4v) is 4.78. The highest BCUT2D eigenvalue weighted by Crippen LogP contribution is 2.33. The maximum atomic E-state index is 2.24. The quantitative estimate of drug-likeness (QED) is 0.771. The highest BCUT2D eigenvalue weighted by molar-refractivity contribution is 8.17. The van der Waals surface area contributed by atoms with Gasteiger partial charge >= 0.3 is 0 Å². The van der Waals surface area contributed by atoms with Gasteiger partial charge in [0, 0.05) is 0 Å². The van der Waals surface area contributed by atoms with Crippen LogP contribution in [0, 0.1) is 0 Å². The van der Waals surface area contributed by atoms with Gasteiger partial charge in [-0.2, -0.15) is 0 Å². The molecule has 1 aliphatic rings. The third-order valence-electron chi connectivity index (χ3n) is 2.64. The molecule has 0 bridgehead atoms. The Morgan fingerprint density at radius 1 is 1.07 bits per heavy atom. The van der Waals surface area contributed by atoms with E-state index in [2.05, 4.69) is 53.9 Å². The molecular weight excluding hydrogens is 220 g/mol. The zero-order chi connectivity index (χ0) is 10.3. The maximum absolute atomic E-state index is 2.24. The molecule has 1 heterocycles. The molecule has 0 aromatic heterocycles. The SMILES string of the molecule is c1ccc(CCCC2SCCCS2)cc1. The van der Waals surface area contributed by atoms with Crippen molar-refractivity contribution in [3.63, 3.8) is 0 Å². The topological polar surface area (TPSA) is 0 Å². The third-order valence-corrected chi connectivity index (χ3v) is 5.72. The van der Waals surface area contributed by atoms with Crippen molar-refractivity contribution >= 4 is 23.5 Å². The monoisotopic (exact) mass is 238 g/mol. The molecule has 0 saturated carbocycles. The van der Waals surface area contributed by atoms with Gasteiger partial charge in [0.05, 0.1) is 4.58 Å². The molecule has 2 heteroatoms. The Balaban J connectivity index is 1.66. The lowest BCUT2D eigenvalue weighted by Gasteiger charge is -2.20. The summed E-state index contributed by atoms with van der Waals surface area (Å²) in [6.07, 6.45) is 5.38. The number of benzene rings is 1. The van der Waals surface area contributed by atoms with Gasteiger partial charge in [-0.15, -0.1) is 23.5 Å². The molecule has 0 amide bonds. The van der Waals surface area contributed by atoms with E-state index in [9.17, 15) is 0 Å². The normalized spacial score (nSPS) is 17.9. The van der Waals surface area contributed by atoms with Crippen LogP contribution in [0.3, 0.4) is 0 Å². The molecule has 15 heavy (non-hydrogen) atoms. The molecule has 1 aromatic carbocycles. The lowest BCUT2D eigenvalue weighted by molar-refractivity contribution is 0.782. The van der Waals surface area contributed by atoms with Crippen LogP contribution in [0.4, 0.5) is 0 Å². The standard InChI is InChI=1S/C13H18S2/c1-2-6-12(7-3-1)8-4-9-13-14-10-5-11-15-13/h1-3,6-7,13H,4-5,8-11H2. The van der Waals surface area contributed by atoms with Crippen molar-refractivity contribution in [2.45, 2.75) is 30.3 Å². The average molecular weight is 238 g/mol. The van der Waals surface area contributed by atoms with Crippen LogP contribution in [0.2, 0.25) is 0 Å². The minimum absolute atomic E-state index is 0.877. The Hall–Kier alpha value is -0.0800. The average Bonchev–Trinajstić information content (AvgIpc) is 2.32. The van der Waals surface area contributed by atoms with E-state index in [1.165, 1.54) is 42.8 Å². The predicted octanol–water partition coefficient (Wildman–Crippen LogP) is 4.21. The summed E-state index contributed by atoms with van der Waals surface area (Å²) in [5.74, 6) is 2.76. The van der Waals surface area contributed by atoms with E-state index < -0.39 is 0 Å². The van der Waals surface area contributed by atoms with Crippen molar-refractivity contribution in [1.82, 2.24) is 0 Å². The first-order valence-corrected chi connectivity index (χ1v) is 7.82. The van der Waals surface area contributed by atoms with Crippen molar-refractivity contribution < 1.29 is 0 Å². The van der Waals surface area contributed by atoms with Gasteiger partial charge in [-0.05, 0) is 42.8 Å². The van der Waals surface area contributed by atoms with Crippen molar-refractivity contribution in [1.29, 1.82) is 0 Å². The van der Waals surface area contributed by atoms with E-state index in [1.54, 1.807) is 0 Å². The summed E-state index contributed by atoms with van der Waals surface area (Å²) in [4.78, 5) is 0. The minimum Gasteiger partial charge on any atom is -0.148 e. The maximum Gasteiger partial charge on any atom is 0.0502 e. The molecule has 1 aliphatic heterocycles. The fourth-order valence-electron chi connectivity index (χ4n) is 1.82. The van der Waals surface area contributed by atoms with Gasteiger partial charge in [0.2, 0.25) is 0 Å². The van der Waals surface area contributed by atoms with E-state index in [4.69, 9.17) is 0 Å². The lowest BCUT2D eigenvalue weighted by Crippen LogP contribution is -2.06. The molecule has 1 aromatic rings. The summed E-state index contributed by atoms with van der Waals surface area (Å²) >= 11 is 4.32. The van der Waals surface area contributed by atoms with E-state index in [1.807, 2.05) is 0 Å². The molecule has 82 valence electrons. The Kier molecular flexibility index (Phi) is 4.94. The van der Waals surface area contributed by atoms with Crippen LogP contribution in [-0.4, -0.2) is 16.1 Å². The summed E-state index contributed by atoms with van der Waals surface area (Å²) in [5, 5.41) is 0. The van der Waals surface area contributed by atoms with Gasteiger partial charge < -0.3 is 0 Å². The Morgan fingerprint density at radius 2 is 1.80 bits per heavy atom. The number of hydrogen-bond acceptors (Lipinski definition) is 2. The number of aryl methyl sites for hydroxylation is 1. The van der Waals surface area contributed by atoms with E-state index in [0.29, 0.717) is 0 Å². The van der Waals surface area contributed by atoms with Crippen molar-refractivity contribution in [3.8, 4) is 0 Å². The van der Waals surface area contributed by atoms with Crippen LogP contribution in [0.25, 0.3) is 0 Å². The summed E-state index contributed by atoms with van der Waals surface area (Å²) in [5.41, 5.74) is 1.49. The fraction of sp³-hybridized carbons (Fsp3) is 0.538. The van der Waals surface area contributed by atoms with Gasteiger partial charge in [-0.1, -0.05) is 30.3 Å². The Labute approximate surface area is 101 Å². The first-order chi connectivity index (χ1) is 7.45. The second kappa shape index (κ2) is 6.49. The van der Waals surface area contributed by atoms with E-state index in [-0.39, 0.29) is 0 Å². The third kappa shape index (κ3) is 4.12. The predicted molar refractivity (Wildman–Crippen MR) is 72.7 cm³/mol. The molecule has 2 rings (SSSR count). The molecule has 1 fully saturated rings.